The van der Waals surface area contributed by atoms with Crippen molar-refractivity contribution in [3.63, 3.8) is 0 Å². The normalized spacial score (nSPS) is 17.4. The summed E-state index contributed by atoms with van der Waals surface area (Å²) >= 11 is 5.90. The number of ether oxygens (including phenoxy) is 7. The summed E-state index contributed by atoms with van der Waals surface area (Å²) in [6.07, 6.45) is 56.7. The number of nitrogens with one attached hydrogen (secondary N) is 2. The summed E-state index contributed by atoms with van der Waals surface area (Å²) in [5, 5.41) is 10.4. The van der Waals surface area contributed by atoms with Gasteiger partial charge in [0.2, 0.25) is 12.3 Å². The third kappa shape index (κ3) is 41.6. The van der Waals surface area contributed by atoms with Gasteiger partial charge in [0.15, 0.2) is 11.5 Å². The predicted octanol–water partition coefficient (Wildman–Crippen LogP) is 21.2. The molecular weight excluding hydrogens is 1460 g/mol. The number of hydrogen-bond acceptors (Lipinski definition) is 18. The van der Waals surface area contributed by atoms with E-state index in [4.69, 9.17) is 65.1 Å². The van der Waals surface area contributed by atoms with Crippen molar-refractivity contribution >= 4 is 30.5 Å². The number of nitrogens with zero attached hydrogens (tertiary/aromatic N) is 3. The molecule has 2 aliphatic heterocycles. The van der Waals surface area contributed by atoms with Gasteiger partial charge in [0.25, 0.3) is 11.1 Å². The second-order valence-electron chi connectivity index (χ2n) is 31.5. The Hall–Kier alpha value is -5.18. The van der Waals surface area contributed by atoms with Crippen LogP contribution in [0.4, 0.5) is 0 Å². The lowest BCUT2D eigenvalue weighted by molar-refractivity contribution is -0.156. The van der Waals surface area contributed by atoms with E-state index in [9.17, 15) is 33.9 Å². The highest BCUT2D eigenvalue weighted by Gasteiger charge is 2.44. The number of carbonyl (C=O) groups excluding carboxylic acids is 2. The van der Waals surface area contributed by atoms with Crippen LogP contribution in [0.25, 0.3) is 4.85 Å². The maximum Gasteiger partial charge on any atom is 0.330 e. The third-order valence-corrected chi connectivity index (χ3v) is 24.0. The largest absolute Gasteiger partial charge is 0.490 e. The number of benzene rings is 1. The molecule has 0 spiro atoms. The molecule has 5 rings (SSSR count). The Bertz CT molecular complexity index is 3280. The number of aryl methyl sites for hydroxylation is 2. The Morgan fingerprint density at radius 1 is 0.491 bits per heavy atom. The summed E-state index contributed by atoms with van der Waals surface area (Å²) in [5.74, 6) is 0.235. The Kier molecular flexibility index (Phi) is 53.2. The standard InChI is InChI=1S/C88H148N5O17PS/c1-7-10-13-16-19-22-25-28-31-34-37-40-43-46-49-52-58-101-76-62-73(63-77(102-59-53-50-47-44-41-38-35-32-29-26-23-20-17-14-11-8-2)84(76)103-60-54-51-48-45-42-39-36-33-30-27-24-21-18-15-12-9-3)69-104-82(95)55-56-83(96)109-74-64-80(92-66-71(4)85(97)90-87(92)99)108-79(74)70-106-111(112,105-61-57-89-6)110-75-65-81(107-78(75)68-94)93-67-72(5)86(98)91-88(93)100/h62-63,66-67,74-75,78-81,94H,7-61,64-65,68-70H2,1-5H3,(H,90,97,99)(H,91,98,100)/t74?,75?,78-,79-,80-,81-,111?/m1/s1. The molecule has 0 amide bonds. The number of esters is 2. The van der Waals surface area contributed by atoms with Crippen LogP contribution in [0.3, 0.4) is 0 Å². The van der Waals surface area contributed by atoms with Gasteiger partial charge in [-0.2, -0.15) is 0 Å². The number of H-pyrrole nitrogens is 2. The van der Waals surface area contributed by atoms with Crippen LogP contribution in [-0.2, 0) is 60.5 Å². The zero-order valence-corrected chi connectivity index (χ0v) is 71.6. The topological polar surface area (TPSA) is 261 Å². The average Bonchev–Trinajstić information content (AvgIpc) is 1.64. The van der Waals surface area contributed by atoms with Gasteiger partial charge in [0.05, 0.1) is 52.0 Å². The van der Waals surface area contributed by atoms with Crippen LogP contribution in [0.5, 0.6) is 17.2 Å². The molecule has 7 atom stereocenters. The number of carbonyl (C=O) groups is 2. The summed E-state index contributed by atoms with van der Waals surface area (Å²) in [6.45, 7) is 13.4. The first kappa shape index (κ1) is 97.4. The Balaban J connectivity index is 1.24. The van der Waals surface area contributed by atoms with Crippen LogP contribution >= 0.6 is 6.72 Å². The molecule has 3 N–H and O–H groups in total. The fourth-order valence-electron chi connectivity index (χ4n) is 14.7. The fourth-order valence-corrected chi connectivity index (χ4v) is 16.9. The molecule has 0 aliphatic carbocycles. The van der Waals surface area contributed by atoms with Crippen molar-refractivity contribution in [3.8, 4) is 17.2 Å². The van der Waals surface area contributed by atoms with E-state index in [2.05, 4.69) is 35.6 Å². The molecule has 3 unspecified atom stereocenters. The minimum absolute atomic E-state index is 0.0330. The number of unbranched alkanes of at least 4 members (excludes halogenated alkanes) is 45. The molecule has 2 aliphatic rings. The number of aliphatic hydroxyl groups is 1. The van der Waals surface area contributed by atoms with E-state index < -0.39 is 91.2 Å². The van der Waals surface area contributed by atoms with Crippen LogP contribution in [0.1, 0.15) is 384 Å². The molecule has 2 aromatic heterocycles. The average molecular weight is 1610 g/mol. The highest BCUT2D eigenvalue weighted by Crippen LogP contribution is 2.54. The number of hydrogen-bond donors (Lipinski definition) is 3. The SMILES string of the molecule is [C-]#[N+]CCOP(=S)(OC[C@H]1O[C@@H](n2cc(C)c(=O)[nH]c2=O)CC1OC(=O)CCC(=O)OCc1cc(OCCCCCCCCCCCCCCCCCC)c(OCCCCCCCCCCCCCCCCCC)c(OCCCCCCCCCCCCCCCCCC)c1)OC1C[C@H](n2cc(C)c(=O)[nH]c2=O)O[C@@H]1CO. The van der Waals surface area contributed by atoms with Crippen molar-refractivity contribution in [1.29, 1.82) is 0 Å². The van der Waals surface area contributed by atoms with Gasteiger partial charge in [-0.3, -0.25) is 38.3 Å². The second kappa shape index (κ2) is 61.2. The highest BCUT2D eigenvalue weighted by molar-refractivity contribution is 8.07. The summed E-state index contributed by atoms with van der Waals surface area (Å²) < 4.78 is 65.2. The Labute approximate surface area is 677 Å². The van der Waals surface area contributed by atoms with Crippen LogP contribution in [0.15, 0.2) is 43.7 Å². The van der Waals surface area contributed by atoms with Crippen LogP contribution < -0.4 is 36.7 Å². The predicted molar refractivity (Wildman–Crippen MR) is 449 cm³/mol. The summed E-state index contributed by atoms with van der Waals surface area (Å²) in [4.78, 5) is 86.4. The molecule has 2 saturated heterocycles. The van der Waals surface area contributed by atoms with Crippen molar-refractivity contribution in [2.45, 2.75) is 412 Å². The van der Waals surface area contributed by atoms with Gasteiger partial charge >= 0.3 is 30.0 Å². The van der Waals surface area contributed by atoms with Crippen LogP contribution in [-0.4, -0.2) is 107 Å². The molecule has 0 radical (unpaired) electrons. The Morgan fingerprint density at radius 3 is 1.21 bits per heavy atom. The van der Waals surface area contributed by atoms with Crippen LogP contribution in [0, 0.1) is 20.4 Å². The van der Waals surface area contributed by atoms with E-state index >= 15 is 0 Å². The Morgan fingerprint density at radius 2 is 0.839 bits per heavy atom. The van der Waals surface area contributed by atoms with Gasteiger partial charge in [-0.25, -0.2) is 16.2 Å². The molecule has 0 saturated carbocycles. The van der Waals surface area contributed by atoms with E-state index in [1.807, 2.05) is 12.1 Å². The van der Waals surface area contributed by atoms with Crippen molar-refractivity contribution < 1.29 is 61.4 Å². The monoisotopic (exact) mass is 1610 g/mol. The van der Waals surface area contributed by atoms with Crippen LogP contribution in [0.2, 0.25) is 0 Å². The number of aliphatic hydroxyl groups excluding tert-OH is 1. The molecule has 638 valence electrons. The highest BCUT2D eigenvalue weighted by atomic mass is 32.5. The van der Waals surface area contributed by atoms with Crippen molar-refractivity contribution in [2.75, 3.05) is 46.2 Å². The fraction of sp³-hybridized carbons (Fsp3) is 0.807. The van der Waals surface area contributed by atoms with Gasteiger partial charge in [-0.15, -0.1) is 0 Å². The van der Waals surface area contributed by atoms with E-state index in [1.165, 1.54) is 286 Å². The van der Waals surface area contributed by atoms with Crippen molar-refractivity contribution in [3.05, 3.63) is 94.3 Å². The van der Waals surface area contributed by atoms with Crippen molar-refractivity contribution in [1.82, 2.24) is 19.1 Å². The number of aromatic nitrogens is 4. The summed E-state index contributed by atoms with van der Waals surface area (Å²) in [5.41, 5.74) is -1.55. The molecular formula is C88H148N5O17PS. The van der Waals surface area contributed by atoms with E-state index in [1.54, 1.807) is 0 Å². The molecule has 4 heterocycles. The first-order valence-corrected chi connectivity index (χ1v) is 47.0. The molecule has 3 aromatic rings. The van der Waals surface area contributed by atoms with Gasteiger partial charge in [-0.1, -0.05) is 310 Å². The number of rotatable bonds is 71. The number of aromatic amines is 2. The molecule has 1 aromatic carbocycles. The lowest BCUT2D eigenvalue weighted by atomic mass is 10.0. The van der Waals surface area contributed by atoms with Gasteiger partial charge < -0.3 is 56.7 Å². The van der Waals surface area contributed by atoms with Crippen molar-refractivity contribution in [2.24, 2.45) is 0 Å². The smallest absolute Gasteiger partial charge is 0.330 e. The quantitative estimate of drug-likeness (QED) is 0.0205. The summed E-state index contributed by atoms with van der Waals surface area (Å²) in [6, 6.07) is 3.77. The second-order valence-corrected chi connectivity index (χ2v) is 34.5. The molecule has 0 bridgehead atoms. The molecule has 22 nitrogen and oxygen atoms in total. The maximum absolute atomic E-state index is 13.9. The van der Waals surface area contributed by atoms with E-state index in [0.717, 1.165) is 57.8 Å². The lowest BCUT2D eigenvalue weighted by Gasteiger charge is -2.28. The van der Waals surface area contributed by atoms with Gasteiger partial charge in [0.1, 0.15) is 44.0 Å². The van der Waals surface area contributed by atoms with E-state index in [-0.39, 0.29) is 56.6 Å². The van der Waals surface area contributed by atoms with Gasteiger partial charge in [0, 0.05) is 36.4 Å². The lowest BCUT2D eigenvalue weighted by Crippen LogP contribution is -2.33. The summed E-state index contributed by atoms with van der Waals surface area (Å²) in [7, 11) is 0. The zero-order chi connectivity index (χ0) is 80.5. The molecule has 2 fully saturated rings. The third-order valence-electron chi connectivity index (χ3n) is 21.6. The minimum atomic E-state index is -3.92. The minimum Gasteiger partial charge on any atom is -0.490 e. The van der Waals surface area contributed by atoms with Gasteiger partial charge in [-0.05, 0) is 62.6 Å². The first-order chi connectivity index (χ1) is 54.6. The molecule has 112 heavy (non-hydrogen) atoms. The molecule has 24 heteroatoms. The zero-order valence-electron chi connectivity index (χ0n) is 69.9. The maximum atomic E-state index is 13.9. The van der Waals surface area contributed by atoms with E-state index in [0.29, 0.717) is 42.6 Å². The first-order valence-electron chi connectivity index (χ1n) is 44.5.